The van der Waals surface area contributed by atoms with Gasteiger partial charge in [-0.05, 0) is 34.4 Å². The Morgan fingerprint density at radius 2 is 1.47 bits per heavy atom. The molecule has 3 aromatic rings. The topological polar surface area (TPSA) is 78.9 Å². The molecule has 0 aromatic heterocycles. The highest BCUT2D eigenvalue weighted by Gasteiger charge is 2.47. The Balaban J connectivity index is 1.63. The Morgan fingerprint density at radius 3 is 2.09 bits per heavy atom. The van der Waals surface area contributed by atoms with Crippen molar-refractivity contribution in [3.8, 4) is 11.1 Å². The fourth-order valence-electron chi connectivity index (χ4n) is 4.39. The molecular weight excluding hydrogens is 432 g/mol. The Morgan fingerprint density at radius 1 is 0.853 bits per heavy atom. The zero-order valence-electron chi connectivity index (χ0n) is 18.4. The molecule has 1 aliphatic carbocycles. The van der Waals surface area contributed by atoms with Gasteiger partial charge in [-0.15, -0.1) is 0 Å². The molecule has 6 heteroatoms. The fraction of sp³-hybridized carbons (Fsp3) is 0.179. The summed E-state index contributed by atoms with van der Waals surface area (Å²) in [5.41, 5.74) is 3.70. The minimum absolute atomic E-state index is 0.224. The highest BCUT2D eigenvalue weighted by atomic mass is 16.6. The summed E-state index contributed by atoms with van der Waals surface area (Å²) in [6.45, 7) is 4.80. The number of ether oxygens (including phenoxy) is 3. The molecule has 0 radical (unpaired) electrons. The molecule has 3 aromatic carbocycles. The second-order valence-electron chi connectivity index (χ2n) is 8.01. The third kappa shape index (κ3) is 4.91. The van der Waals surface area contributed by atoms with Gasteiger partial charge in [0.15, 0.2) is 0 Å². The molecule has 4 rings (SSSR count). The van der Waals surface area contributed by atoms with Gasteiger partial charge >= 0.3 is 5.97 Å². The smallest absolute Gasteiger partial charge is 0.338 e. The lowest BCUT2D eigenvalue weighted by molar-refractivity contribution is -0.137. The lowest BCUT2D eigenvalue weighted by Crippen LogP contribution is -2.29. The van der Waals surface area contributed by atoms with E-state index in [1.54, 1.807) is 30.3 Å². The van der Waals surface area contributed by atoms with Crippen LogP contribution < -0.4 is 0 Å². The van der Waals surface area contributed by atoms with Crippen molar-refractivity contribution in [3.63, 3.8) is 0 Å². The van der Waals surface area contributed by atoms with Crippen molar-refractivity contribution in [3.05, 3.63) is 108 Å². The van der Waals surface area contributed by atoms with Gasteiger partial charge in [0, 0.05) is 6.42 Å². The van der Waals surface area contributed by atoms with Crippen LogP contribution in [0, 0.1) is 5.92 Å². The largest absolute Gasteiger partial charge is 0.460 e. The molecule has 0 saturated heterocycles. The maximum Gasteiger partial charge on any atom is 0.338 e. The molecule has 0 amide bonds. The number of carbonyl (C=O) groups excluding carboxylic acids is 3. The first-order valence-electron chi connectivity index (χ1n) is 10.9. The van der Waals surface area contributed by atoms with Gasteiger partial charge in [0.05, 0.1) is 11.5 Å². The molecule has 1 unspecified atom stereocenters. The van der Waals surface area contributed by atoms with E-state index >= 15 is 0 Å². The standard InChI is InChI=1S/C28H24O6/c1-19-24(32-17-29)16-25(34-28(31)23-10-6-3-7-11-23)26(19)27(33-18-30)22-14-12-21(13-15-22)20-8-4-2-5-9-20/h2-15,17-18,24-27H,1,16H2/t24-,25+,26-,27?/m1/s1. The molecule has 0 heterocycles. The van der Waals surface area contributed by atoms with Crippen LogP contribution in [-0.4, -0.2) is 31.1 Å². The maximum absolute atomic E-state index is 12.8. The SMILES string of the molecule is C=C1[C@H](OC=O)C[C@H](OC(=O)c2ccccc2)[C@@H]1C(OC=O)c1ccc(-c2ccccc2)cc1. The van der Waals surface area contributed by atoms with E-state index in [-0.39, 0.29) is 6.42 Å². The van der Waals surface area contributed by atoms with Crippen molar-refractivity contribution in [1.29, 1.82) is 0 Å². The van der Waals surface area contributed by atoms with Crippen LogP contribution in [0.25, 0.3) is 11.1 Å². The number of esters is 1. The Bertz CT molecular complexity index is 1140. The second-order valence-corrected chi connectivity index (χ2v) is 8.01. The first-order chi connectivity index (χ1) is 16.6. The molecule has 1 saturated carbocycles. The number of hydrogen-bond donors (Lipinski definition) is 0. The van der Waals surface area contributed by atoms with Crippen LogP contribution in [0.15, 0.2) is 97.1 Å². The highest BCUT2D eigenvalue weighted by molar-refractivity contribution is 5.89. The van der Waals surface area contributed by atoms with Gasteiger partial charge < -0.3 is 14.2 Å². The molecule has 0 bridgehead atoms. The fourth-order valence-corrected chi connectivity index (χ4v) is 4.39. The monoisotopic (exact) mass is 456 g/mol. The highest BCUT2D eigenvalue weighted by Crippen LogP contribution is 2.44. The third-order valence-corrected chi connectivity index (χ3v) is 6.05. The molecular formula is C28H24O6. The quantitative estimate of drug-likeness (QED) is 0.197. The Hall–Kier alpha value is -4.19. The van der Waals surface area contributed by atoms with Gasteiger partial charge in [0.1, 0.15) is 18.3 Å². The van der Waals surface area contributed by atoms with E-state index in [2.05, 4.69) is 6.58 Å². The van der Waals surface area contributed by atoms with Crippen LogP contribution in [0.5, 0.6) is 0 Å². The van der Waals surface area contributed by atoms with Gasteiger partial charge in [-0.3, -0.25) is 9.59 Å². The van der Waals surface area contributed by atoms with Crippen LogP contribution in [0.1, 0.15) is 28.4 Å². The average Bonchev–Trinajstić information content (AvgIpc) is 3.18. The zero-order valence-corrected chi connectivity index (χ0v) is 18.4. The lowest BCUT2D eigenvalue weighted by Gasteiger charge is -2.28. The van der Waals surface area contributed by atoms with Crippen LogP contribution in [0.2, 0.25) is 0 Å². The van der Waals surface area contributed by atoms with Crippen molar-refractivity contribution in [2.45, 2.75) is 24.7 Å². The lowest BCUT2D eigenvalue weighted by atomic mass is 9.89. The number of rotatable bonds is 9. The Kier molecular flexibility index (Phi) is 7.18. The zero-order chi connectivity index (χ0) is 23.9. The summed E-state index contributed by atoms with van der Waals surface area (Å²) >= 11 is 0. The average molecular weight is 456 g/mol. The van der Waals surface area contributed by atoms with Gasteiger partial charge in [0.25, 0.3) is 12.9 Å². The van der Waals surface area contributed by atoms with Crippen LogP contribution >= 0.6 is 0 Å². The van der Waals surface area contributed by atoms with Gasteiger partial charge in [0.2, 0.25) is 0 Å². The summed E-state index contributed by atoms with van der Waals surface area (Å²) in [4.78, 5) is 35.3. The van der Waals surface area contributed by atoms with Crippen molar-refractivity contribution < 1.29 is 28.6 Å². The van der Waals surface area contributed by atoms with Crippen molar-refractivity contribution in [2.24, 2.45) is 5.92 Å². The summed E-state index contributed by atoms with van der Waals surface area (Å²) in [5, 5.41) is 0. The van der Waals surface area contributed by atoms with E-state index < -0.39 is 30.2 Å². The molecule has 4 atom stereocenters. The Labute approximate surface area is 197 Å². The summed E-state index contributed by atoms with van der Waals surface area (Å²) in [6, 6.07) is 26.1. The van der Waals surface area contributed by atoms with Gasteiger partial charge in [-0.2, -0.15) is 0 Å². The normalized spacial score (nSPS) is 20.2. The van der Waals surface area contributed by atoms with Crippen molar-refractivity contribution >= 4 is 18.9 Å². The van der Waals surface area contributed by atoms with Crippen molar-refractivity contribution in [2.75, 3.05) is 0 Å². The minimum atomic E-state index is -0.774. The van der Waals surface area contributed by atoms with E-state index in [9.17, 15) is 14.4 Å². The molecule has 6 nitrogen and oxygen atoms in total. The molecule has 0 N–H and O–H groups in total. The summed E-state index contributed by atoms with van der Waals surface area (Å²) in [6.07, 6.45) is -1.91. The first-order valence-corrected chi connectivity index (χ1v) is 10.9. The summed E-state index contributed by atoms with van der Waals surface area (Å²) in [7, 11) is 0. The van der Waals surface area contributed by atoms with E-state index in [4.69, 9.17) is 14.2 Å². The predicted octanol–water partition coefficient (Wildman–Crippen LogP) is 4.91. The van der Waals surface area contributed by atoms with Crippen molar-refractivity contribution in [1.82, 2.24) is 0 Å². The van der Waals surface area contributed by atoms with E-state index in [1.165, 1.54) is 0 Å². The van der Waals surface area contributed by atoms with Crippen LogP contribution in [0.4, 0.5) is 0 Å². The molecule has 0 aliphatic heterocycles. The van der Waals surface area contributed by atoms with Crippen LogP contribution in [0.3, 0.4) is 0 Å². The summed E-state index contributed by atoms with van der Waals surface area (Å²) < 4.78 is 16.5. The number of hydrogen-bond acceptors (Lipinski definition) is 6. The second kappa shape index (κ2) is 10.6. The minimum Gasteiger partial charge on any atom is -0.460 e. The molecule has 172 valence electrons. The van der Waals surface area contributed by atoms with Gasteiger partial charge in [-0.25, -0.2) is 4.79 Å². The molecule has 1 fully saturated rings. The molecule has 0 spiro atoms. The van der Waals surface area contributed by atoms with E-state index in [1.807, 2.05) is 54.6 Å². The van der Waals surface area contributed by atoms with E-state index in [0.29, 0.717) is 29.6 Å². The van der Waals surface area contributed by atoms with E-state index in [0.717, 1.165) is 11.1 Å². The summed E-state index contributed by atoms with van der Waals surface area (Å²) in [5.74, 6) is -1.11. The number of benzene rings is 3. The number of carbonyl (C=O) groups is 3. The first kappa shape index (κ1) is 23.0. The van der Waals surface area contributed by atoms with Gasteiger partial charge in [-0.1, -0.05) is 79.4 Å². The molecule has 1 aliphatic rings. The predicted molar refractivity (Wildman–Crippen MR) is 126 cm³/mol. The maximum atomic E-state index is 12.8. The molecule has 34 heavy (non-hydrogen) atoms. The third-order valence-electron chi connectivity index (χ3n) is 6.05. The van der Waals surface area contributed by atoms with Crippen LogP contribution in [-0.2, 0) is 23.8 Å².